The molecule has 2 N–H and O–H groups in total. The first-order chi connectivity index (χ1) is 14.8. The lowest BCUT2D eigenvalue weighted by Gasteiger charge is -2.22. The number of anilines is 2. The highest BCUT2D eigenvalue weighted by Gasteiger charge is 2.31. The van der Waals surface area contributed by atoms with Crippen molar-refractivity contribution in [3.8, 4) is 11.6 Å². The van der Waals surface area contributed by atoms with E-state index in [2.05, 4.69) is 15.0 Å². The number of nitro groups is 1. The third kappa shape index (κ3) is 4.77. The molecule has 1 amide bonds. The lowest BCUT2D eigenvalue weighted by molar-refractivity contribution is -0.383. The molecular formula is C20H22N6O5. The molecule has 0 aliphatic carbocycles. The van der Waals surface area contributed by atoms with E-state index in [4.69, 9.17) is 14.9 Å². The highest BCUT2D eigenvalue weighted by Crippen LogP contribution is 2.37. The number of amides is 1. The van der Waals surface area contributed by atoms with Crippen molar-refractivity contribution < 1.29 is 18.9 Å². The smallest absolute Gasteiger partial charge is 0.414 e. The van der Waals surface area contributed by atoms with Crippen LogP contribution in [0.2, 0.25) is 0 Å². The van der Waals surface area contributed by atoms with Crippen molar-refractivity contribution in [1.29, 1.82) is 0 Å². The zero-order chi connectivity index (χ0) is 22.5. The minimum atomic E-state index is -0.774. The molecule has 3 rings (SSSR count). The molecule has 3 aromatic heterocycles. The second kappa shape index (κ2) is 9.20. The van der Waals surface area contributed by atoms with Crippen LogP contribution in [0.3, 0.4) is 0 Å². The van der Waals surface area contributed by atoms with Crippen molar-refractivity contribution in [3.05, 3.63) is 57.7 Å². The Morgan fingerprint density at radius 2 is 2.10 bits per heavy atom. The Balaban J connectivity index is 2.15. The monoisotopic (exact) mass is 426 g/mol. The molecule has 0 aromatic carbocycles. The van der Waals surface area contributed by atoms with E-state index in [1.807, 2.05) is 13.8 Å². The molecule has 0 fully saturated rings. The fraction of sp³-hybridized carbons (Fsp3) is 0.300. The standard InChI is InChI=1S/C20H22N6O5/c1-4-14-11-31-19(23-14)15-8-16(17(26(28)29)18(21)24-15)25(20(27)30-5-2)10-13-7-6-12(3)22-9-13/h6-9,11H,4-5,10H2,1-3H3,(H2,21,24). The molecule has 31 heavy (non-hydrogen) atoms. The van der Waals surface area contributed by atoms with Crippen LogP contribution in [-0.4, -0.2) is 32.6 Å². The molecule has 0 unspecified atom stereocenters. The zero-order valence-corrected chi connectivity index (χ0v) is 17.4. The normalized spacial score (nSPS) is 10.7. The molecule has 0 spiro atoms. The van der Waals surface area contributed by atoms with Crippen molar-refractivity contribution in [2.75, 3.05) is 17.2 Å². The molecule has 11 heteroatoms. The van der Waals surface area contributed by atoms with Crippen LogP contribution in [0.15, 0.2) is 35.1 Å². The number of oxazole rings is 1. The largest absolute Gasteiger partial charge is 0.449 e. The van der Waals surface area contributed by atoms with E-state index in [0.29, 0.717) is 17.7 Å². The van der Waals surface area contributed by atoms with E-state index in [1.54, 1.807) is 25.3 Å². The zero-order valence-electron chi connectivity index (χ0n) is 17.4. The third-order valence-corrected chi connectivity index (χ3v) is 4.41. The predicted octanol–water partition coefficient (Wildman–Crippen LogP) is 3.66. The topological polar surface area (TPSA) is 151 Å². The number of ether oxygens (including phenoxy) is 1. The summed E-state index contributed by atoms with van der Waals surface area (Å²) in [6.45, 7) is 5.44. The summed E-state index contributed by atoms with van der Waals surface area (Å²) in [6, 6.07) is 4.89. The van der Waals surface area contributed by atoms with E-state index in [9.17, 15) is 14.9 Å². The van der Waals surface area contributed by atoms with E-state index in [0.717, 1.165) is 10.6 Å². The molecule has 0 atom stereocenters. The summed E-state index contributed by atoms with van der Waals surface area (Å²) in [6.07, 6.45) is 2.91. The van der Waals surface area contributed by atoms with Crippen molar-refractivity contribution in [2.24, 2.45) is 0 Å². The number of aryl methyl sites for hydroxylation is 2. The Bertz CT molecular complexity index is 1100. The summed E-state index contributed by atoms with van der Waals surface area (Å²) in [7, 11) is 0. The van der Waals surface area contributed by atoms with Gasteiger partial charge in [-0.25, -0.2) is 14.8 Å². The van der Waals surface area contributed by atoms with Crippen LogP contribution in [0.1, 0.15) is 30.8 Å². The number of carbonyl (C=O) groups excluding carboxylic acids is 1. The molecule has 0 aliphatic rings. The molecule has 0 saturated carbocycles. The lowest BCUT2D eigenvalue weighted by Crippen LogP contribution is -2.32. The number of nitrogens with two attached hydrogens (primary N) is 1. The van der Waals surface area contributed by atoms with E-state index in [-0.39, 0.29) is 36.2 Å². The molecular weight excluding hydrogens is 404 g/mol. The quantitative estimate of drug-likeness (QED) is 0.441. The van der Waals surface area contributed by atoms with Crippen LogP contribution in [0.5, 0.6) is 0 Å². The van der Waals surface area contributed by atoms with E-state index >= 15 is 0 Å². The average Bonchev–Trinajstić information content (AvgIpc) is 3.22. The number of carbonyl (C=O) groups is 1. The minimum absolute atomic E-state index is 0.0262. The molecule has 11 nitrogen and oxygen atoms in total. The molecule has 0 radical (unpaired) electrons. The number of pyridine rings is 2. The van der Waals surface area contributed by atoms with Crippen molar-refractivity contribution in [1.82, 2.24) is 15.0 Å². The van der Waals surface area contributed by atoms with Crippen LogP contribution in [0, 0.1) is 17.0 Å². The number of nitrogens with zero attached hydrogens (tertiary/aromatic N) is 5. The van der Waals surface area contributed by atoms with Gasteiger partial charge in [0.25, 0.3) is 0 Å². The SMILES string of the molecule is CCOC(=O)N(Cc1ccc(C)nc1)c1cc(-c2nc(CC)co2)nc(N)c1[N+](=O)[O-]. The molecule has 3 heterocycles. The van der Waals surface area contributed by atoms with E-state index in [1.165, 1.54) is 12.3 Å². The number of rotatable bonds is 7. The van der Waals surface area contributed by atoms with Crippen molar-refractivity contribution in [2.45, 2.75) is 33.7 Å². The molecule has 162 valence electrons. The molecule has 0 aliphatic heterocycles. The van der Waals surface area contributed by atoms with Gasteiger partial charge in [-0.2, -0.15) is 0 Å². The Labute approximate surface area is 178 Å². The van der Waals surface area contributed by atoms with Gasteiger partial charge in [0.15, 0.2) is 0 Å². The predicted molar refractivity (Wildman–Crippen MR) is 112 cm³/mol. The highest BCUT2D eigenvalue weighted by molar-refractivity contribution is 5.93. The summed E-state index contributed by atoms with van der Waals surface area (Å²) in [5.74, 6) is -0.231. The first-order valence-electron chi connectivity index (χ1n) is 9.59. The summed E-state index contributed by atoms with van der Waals surface area (Å²) < 4.78 is 10.6. The van der Waals surface area contributed by atoms with Crippen molar-refractivity contribution >= 4 is 23.3 Å². The Morgan fingerprint density at radius 1 is 1.32 bits per heavy atom. The van der Waals surface area contributed by atoms with Crippen LogP contribution in [0.25, 0.3) is 11.6 Å². The Kier molecular flexibility index (Phi) is 6.43. The average molecular weight is 426 g/mol. The first-order valence-corrected chi connectivity index (χ1v) is 9.59. The van der Waals surface area contributed by atoms with Gasteiger partial charge in [-0.15, -0.1) is 0 Å². The maximum atomic E-state index is 12.8. The van der Waals surface area contributed by atoms with Gasteiger partial charge in [-0.3, -0.25) is 20.0 Å². The number of hydrogen-bond acceptors (Lipinski definition) is 9. The second-order valence-electron chi connectivity index (χ2n) is 6.61. The Morgan fingerprint density at radius 3 is 2.68 bits per heavy atom. The fourth-order valence-electron chi connectivity index (χ4n) is 2.86. The number of hydrogen-bond donors (Lipinski definition) is 1. The number of nitrogen functional groups attached to an aromatic ring is 1. The van der Waals surface area contributed by atoms with E-state index < -0.39 is 16.7 Å². The third-order valence-electron chi connectivity index (χ3n) is 4.41. The maximum Gasteiger partial charge on any atom is 0.414 e. The summed E-state index contributed by atoms with van der Waals surface area (Å²) >= 11 is 0. The minimum Gasteiger partial charge on any atom is -0.449 e. The van der Waals surface area contributed by atoms with Crippen LogP contribution >= 0.6 is 0 Å². The number of aromatic nitrogens is 3. The summed E-state index contributed by atoms with van der Waals surface area (Å²) in [5, 5.41) is 11.8. The van der Waals surface area contributed by atoms with Gasteiger partial charge in [-0.1, -0.05) is 13.0 Å². The van der Waals surface area contributed by atoms with Gasteiger partial charge < -0.3 is 14.9 Å². The van der Waals surface area contributed by atoms with Gasteiger partial charge >= 0.3 is 11.8 Å². The molecule has 0 bridgehead atoms. The molecule has 0 saturated heterocycles. The van der Waals surface area contributed by atoms with Gasteiger partial charge in [-0.05, 0) is 31.9 Å². The Hall–Kier alpha value is -4.02. The fourth-order valence-corrected chi connectivity index (χ4v) is 2.86. The van der Waals surface area contributed by atoms with Gasteiger partial charge in [0.05, 0.1) is 23.8 Å². The molecule has 3 aromatic rings. The lowest BCUT2D eigenvalue weighted by atomic mass is 10.2. The summed E-state index contributed by atoms with van der Waals surface area (Å²) in [5.41, 5.74) is 7.60. The van der Waals surface area contributed by atoms with Crippen LogP contribution < -0.4 is 10.6 Å². The second-order valence-corrected chi connectivity index (χ2v) is 6.61. The first kappa shape index (κ1) is 21.7. The summed E-state index contributed by atoms with van der Waals surface area (Å²) in [4.78, 5) is 37.5. The van der Waals surface area contributed by atoms with Gasteiger partial charge in [0.2, 0.25) is 11.7 Å². The van der Waals surface area contributed by atoms with Gasteiger partial charge in [0, 0.05) is 18.0 Å². The van der Waals surface area contributed by atoms with Crippen LogP contribution in [0.4, 0.5) is 22.0 Å². The van der Waals surface area contributed by atoms with Crippen LogP contribution in [-0.2, 0) is 17.7 Å². The maximum absolute atomic E-state index is 12.8. The van der Waals surface area contributed by atoms with Gasteiger partial charge in [0.1, 0.15) is 17.6 Å². The van der Waals surface area contributed by atoms with Crippen molar-refractivity contribution in [3.63, 3.8) is 0 Å². The highest BCUT2D eigenvalue weighted by atomic mass is 16.6.